The number of nitrogens with zero attached hydrogens (tertiary/aromatic N) is 1. The summed E-state index contributed by atoms with van der Waals surface area (Å²) < 4.78 is 27.4. The van der Waals surface area contributed by atoms with Gasteiger partial charge in [-0.3, -0.25) is 4.79 Å². The van der Waals surface area contributed by atoms with E-state index in [1.165, 1.54) is 6.92 Å². The number of hydrogen-bond acceptors (Lipinski definition) is 4. The number of halogens is 1. The number of amides is 1. The Morgan fingerprint density at radius 2 is 1.81 bits per heavy atom. The molecule has 3 aromatic carbocycles. The molecule has 0 spiro atoms. The van der Waals surface area contributed by atoms with Crippen LogP contribution in [0.5, 0.6) is 0 Å². The highest BCUT2D eigenvalue weighted by molar-refractivity contribution is 9.10. The maximum Gasteiger partial charge on any atom is 0.223 e. The van der Waals surface area contributed by atoms with Crippen LogP contribution in [-0.2, 0) is 26.8 Å². The van der Waals surface area contributed by atoms with E-state index in [0.717, 1.165) is 16.7 Å². The van der Waals surface area contributed by atoms with Gasteiger partial charge in [0.05, 0.1) is 10.6 Å². The van der Waals surface area contributed by atoms with Crippen molar-refractivity contribution in [1.82, 2.24) is 0 Å². The molecular formula is C25H22BrNO4S. The predicted octanol–water partition coefficient (Wildman–Crippen LogP) is 5.53. The summed E-state index contributed by atoms with van der Waals surface area (Å²) in [6.45, 7) is 5.60. The zero-order valence-corrected chi connectivity index (χ0v) is 19.9. The van der Waals surface area contributed by atoms with Crippen molar-refractivity contribution in [2.45, 2.75) is 24.0 Å². The molecule has 164 valence electrons. The van der Waals surface area contributed by atoms with Gasteiger partial charge in [-0.1, -0.05) is 49.0 Å². The van der Waals surface area contributed by atoms with Gasteiger partial charge in [0.1, 0.15) is 5.76 Å². The van der Waals surface area contributed by atoms with Crippen molar-refractivity contribution in [2.24, 2.45) is 0 Å². The summed E-state index contributed by atoms with van der Waals surface area (Å²) in [5.74, 6) is -0.630. The van der Waals surface area contributed by atoms with Crippen LogP contribution in [0.1, 0.15) is 23.6 Å². The van der Waals surface area contributed by atoms with E-state index >= 15 is 0 Å². The van der Waals surface area contributed by atoms with E-state index in [1.807, 2.05) is 36.4 Å². The third kappa shape index (κ3) is 4.23. The van der Waals surface area contributed by atoms with E-state index in [2.05, 4.69) is 22.5 Å². The molecule has 0 aromatic heterocycles. The maximum atomic E-state index is 13.5. The Morgan fingerprint density at radius 3 is 2.47 bits per heavy atom. The van der Waals surface area contributed by atoms with Crippen LogP contribution in [0, 0.1) is 0 Å². The highest BCUT2D eigenvalue weighted by atomic mass is 79.9. The molecule has 7 heteroatoms. The van der Waals surface area contributed by atoms with E-state index in [4.69, 9.17) is 0 Å². The summed E-state index contributed by atoms with van der Waals surface area (Å²) in [4.78, 5) is 13.7. The van der Waals surface area contributed by atoms with Crippen LogP contribution in [0.25, 0.3) is 16.9 Å². The Labute approximate surface area is 196 Å². The molecule has 0 radical (unpaired) electrons. The van der Waals surface area contributed by atoms with Crippen LogP contribution in [0.4, 0.5) is 5.69 Å². The van der Waals surface area contributed by atoms with Crippen LogP contribution in [0.15, 0.2) is 76.6 Å². The van der Waals surface area contributed by atoms with Gasteiger partial charge in [0.15, 0.2) is 9.84 Å². The molecule has 4 rings (SSSR count). The van der Waals surface area contributed by atoms with Gasteiger partial charge < -0.3 is 10.0 Å². The number of aliphatic hydroxyl groups is 1. The van der Waals surface area contributed by atoms with Gasteiger partial charge in [-0.2, -0.15) is 0 Å². The standard InChI is InChI=1S/C25H22BrNO4S/c1-16(28)22-9-8-19(18-6-4-3-5-7-18)12-21(22)15-32(30,31)25-14-24-20(13-23(25)26)10-11-27(24)17(2)29/h3-9,12-14,28H,1,10-11,15H2,2H3. The van der Waals surface area contributed by atoms with Gasteiger partial charge in [0.25, 0.3) is 0 Å². The fourth-order valence-corrected chi connectivity index (χ4v) is 6.62. The van der Waals surface area contributed by atoms with Crippen molar-refractivity contribution >= 4 is 43.1 Å². The van der Waals surface area contributed by atoms with Crippen molar-refractivity contribution < 1.29 is 18.3 Å². The summed E-state index contributed by atoms with van der Waals surface area (Å²) in [7, 11) is -3.81. The number of hydrogen-bond donors (Lipinski definition) is 1. The summed E-state index contributed by atoms with van der Waals surface area (Å²) >= 11 is 3.41. The molecule has 1 N–H and O–H groups in total. The van der Waals surface area contributed by atoms with Gasteiger partial charge in [0, 0.05) is 29.2 Å². The molecule has 0 atom stereocenters. The summed E-state index contributed by atoms with van der Waals surface area (Å²) in [5, 5.41) is 10.1. The lowest BCUT2D eigenvalue weighted by atomic mass is 9.99. The first-order chi connectivity index (χ1) is 15.2. The van der Waals surface area contributed by atoms with Gasteiger partial charge in [0.2, 0.25) is 5.91 Å². The Bertz CT molecular complexity index is 1330. The van der Waals surface area contributed by atoms with Crippen LogP contribution < -0.4 is 4.90 Å². The quantitative estimate of drug-likeness (QED) is 0.457. The van der Waals surface area contributed by atoms with Gasteiger partial charge in [-0.25, -0.2) is 8.42 Å². The van der Waals surface area contributed by atoms with Gasteiger partial charge in [-0.15, -0.1) is 0 Å². The smallest absolute Gasteiger partial charge is 0.223 e. The SMILES string of the molecule is C=C(O)c1ccc(-c2ccccc2)cc1CS(=O)(=O)c1cc2c(cc1Br)CCN2C(C)=O. The Morgan fingerprint density at radius 1 is 1.09 bits per heavy atom. The molecule has 0 unspecified atom stereocenters. The van der Waals surface area contributed by atoms with E-state index in [-0.39, 0.29) is 22.3 Å². The minimum Gasteiger partial charge on any atom is -0.508 e. The normalized spacial score (nSPS) is 13.1. The van der Waals surface area contributed by atoms with Gasteiger partial charge >= 0.3 is 0 Å². The van der Waals surface area contributed by atoms with Crippen LogP contribution in [0.2, 0.25) is 0 Å². The van der Waals surface area contributed by atoms with Crippen molar-refractivity contribution in [1.29, 1.82) is 0 Å². The number of sulfone groups is 1. The minimum absolute atomic E-state index is 0.115. The Kier molecular flexibility index (Phi) is 5.97. The van der Waals surface area contributed by atoms with Crippen molar-refractivity contribution in [3.8, 4) is 11.1 Å². The Balaban J connectivity index is 1.78. The molecule has 1 aliphatic rings. The van der Waals surface area contributed by atoms with Crippen molar-refractivity contribution in [3.05, 3.63) is 88.4 Å². The second-order valence-electron chi connectivity index (χ2n) is 7.78. The maximum absolute atomic E-state index is 13.5. The number of aliphatic hydroxyl groups excluding tert-OH is 1. The number of carbonyl (C=O) groups excluding carboxylic acids is 1. The predicted molar refractivity (Wildman–Crippen MR) is 130 cm³/mol. The topological polar surface area (TPSA) is 74.7 Å². The zero-order valence-electron chi connectivity index (χ0n) is 17.5. The second kappa shape index (κ2) is 8.56. The number of anilines is 1. The number of fused-ring (bicyclic) bond motifs is 1. The van der Waals surface area contributed by atoms with Crippen molar-refractivity contribution in [3.63, 3.8) is 0 Å². The highest BCUT2D eigenvalue weighted by Crippen LogP contribution is 2.37. The number of rotatable bonds is 5. The van der Waals surface area contributed by atoms with Crippen LogP contribution in [0.3, 0.4) is 0 Å². The van der Waals surface area contributed by atoms with E-state index < -0.39 is 9.84 Å². The molecule has 0 fully saturated rings. The fourth-order valence-electron chi connectivity index (χ4n) is 4.04. The zero-order chi connectivity index (χ0) is 23.0. The molecule has 32 heavy (non-hydrogen) atoms. The molecule has 0 saturated heterocycles. The third-order valence-corrected chi connectivity index (χ3v) is 8.23. The lowest BCUT2D eigenvalue weighted by molar-refractivity contribution is -0.116. The highest BCUT2D eigenvalue weighted by Gasteiger charge is 2.28. The molecule has 3 aromatic rings. The molecule has 0 saturated carbocycles. The summed E-state index contributed by atoms with van der Waals surface area (Å²) in [6, 6.07) is 18.2. The minimum atomic E-state index is -3.81. The summed E-state index contributed by atoms with van der Waals surface area (Å²) in [6.07, 6.45) is 0.682. The average Bonchev–Trinajstić information content (AvgIpc) is 3.16. The molecule has 0 aliphatic carbocycles. The molecule has 5 nitrogen and oxygen atoms in total. The van der Waals surface area contributed by atoms with Crippen LogP contribution in [-0.4, -0.2) is 26.0 Å². The molecule has 1 aliphatic heterocycles. The second-order valence-corrected chi connectivity index (χ2v) is 10.6. The molecule has 1 heterocycles. The lowest BCUT2D eigenvalue weighted by Gasteiger charge is -2.17. The first kappa shape index (κ1) is 22.3. The monoisotopic (exact) mass is 511 g/mol. The number of carbonyl (C=O) groups is 1. The average molecular weight is 512 g/mol. The van der Waals surface area contributed by atoms with Crippen LogP contribution >= 0.6 is 15.9 Å². The third-order valence-electron chi connectivity index (χ3n) is 5.61. The first-order valence-electron chi connectivity index (χ1n) is 10.1. The summed E-state index contributed by atoms with van der Waals surface area (Å²) in [5.41, 5.74) is 4.19. The number of benzene rings is 3. The van der Waals surface area contributed by atoms with Gasteiger partial charge in [-0.05, 0) is 62.8 Å². The fraction of sp³-hybridized carbons (Fsp3) is 0.160. The van der Waals surface area contributed by atoms with E-state index in [1.54, 1.807) is 29.2 Å². The van der Waals surface area contributed by atoms with E-state index in [9.17, 15) is 18.3 Å². The first-order valence-corrected chi connectivity index (χ1v) is 12.5. The molecule has 1 amide bonds. The van der Waals surface area contributed by atoms with Crippen molar-refractivity contribution in [2.75, 3.05) is 11.4 Å². The molecular weight excluding hydrogens is 490 g/mol. The van der Waals surface area contributed by atoms with E-state index in [0.29, 0.717) is 34.3 Å². The largest absolute Gasteiger partial charge is 0.508 e. The molecule has 0 bridgehead atoms. The lowest BCUT2D eigenvalue weighted by Crippen LogP contribution is -2.26. The Hall–Kier alpha value is -2.90.